The molecule has 1 aromatic heterocycles. The molecule has 1 aliphatic rings. The van der Waals surface area contributed by atoms with E-state index in [-0.39, 0.29) is 0 Å². The summed E-state index contributed by atoms with van der Waals surface area (Å²) in [5, 5.41) is 2.41. The normalized spacial score (nSPS) is 11.8. The standard InChI is InChI=1S/C48H31NO2/c1-3-15-32(16-4-1)35-22-13-27-45-47(35)38-20-8-11-25-43(38)50-44-26-12-9-21-39(44)48-36(23-14-28-46(48)51-45)33-29-30-42-40(31-33)37-19-7-10-24-41(37)49(42)34-17-5-2-6-18-34/h1-31H. The van der Waals surface area contributed by atoms with E-state index >= 15 is 0 Å². The van der Waals surface area contributed by atoms with E-state index in [1.807, 2.05) is 24.3 Å². The number of benzene rings is 8. The van der Waals surface area contributed by atoms with Crippen molar-refractivity contribution in [3.05, 3.63) is 188 Å². The molecule has 0 N–H and O–H groups in total. The Kier molecular flexibility index (Phi) is 6.81. The Morgan fingerprint density at radius 2 is 0.804 bits per heavy atom. The second-order valence-corrected chi connectivity index (χ2v) is 12.8. The highest BCUT2D eigenvalue weighted by molar-refractivity contribution is 6.11. The monoisotopic (exact) mass is 653 g/mol. The van der Waals surface area contributed by atoms with Gasteiger partial charge in [-0.05, 0) is 76.9 Å². The van der Waals surface area contributed by atoms with E-state index in [0.717, 1.165) is 78.7 Å². The van der Waals surface area contributed by atoms with Gasteiger partial charge in [0.05, 0.1) is 11.0 Å². The number of ether oxygens (including phenoxy) is 2. The van der Waals surface area contributed by atoms with Gasteiger partial charge in [-0.25, -0.2) is 0 Å². The zero-order valence-electron chi connectivity index (χ0n) is 27.7. The van der Waals surface area contributed by atoms with Crippen molar-refractivity contribution in [3.8, 4) is 73.2 Å². The minimum absolute atomic E-state index is 0.765. The minimum Gasteiger partial charge on any atom is -0.456 e. The van der Waals surface area contributed by atoms with Crippen molar-refractivity contribution in [2.24, 2.45) is 0 Å². The van der Waals surface area contributed by atoms with Crippen LogP contribution in [-0.4, -0.2) is 4.57 Å². The molecule has 10 rings (SSSR count). The molecule has 3 nitrogen and oxygen atoms in total. The molecule has 0 saturated heterocycles. The third-order valence-electron chi connectivity index (χ3n) is 9.89. The summed E-state index contributed by atoms with van der Waals surface area (Å²) in [6.07, 6.45) is 0. The van der Waals surface area contributed by atoms with Crippen LogP contribution in [0.25, 0.3) is 72.0 Å². The topological polar surface area (TPSA) is 23.4 Å². The van der Waals surface area contributed by atoms with Crippen LogP contribution < -0.4 is 9.47 Å². The van der Waals surface area contributed by atoms with E-state index in [1.54, 1.807) is 0 Å². The van der Waals surface area contributed by atoms with Crippen molar-refractivity contribution in [1.29, 1.82) is 0 Å². The van der Waals surface area contributed by atoms with E-state index in [2.05, 4.69) is 168 Å². The number of rotatable bonds is 3. The highest BCUT2D eigenvalue weighted by Gasteiger charge is 2.25. The summed E-state index contributed by atoms with van der Waals surface area (Å²) in [6.45, 7) is 0. The SMILES string of the molecule is c1ccc(-c2cccc3c2-c2ccccc2Oc2ccccc2-c2c(cccc2-c2ccc4c(c2)c2ccccc2n4-c2ccccc2)O3)cc1. The first-order valence-electron chi connectivity index (χ1n) is 17.3. The van der Waals surface area contributed by atoms with E-state index in [0.29, 0.717) is 0 Å². The van der Waals surface area contributed by atoms with Gasteiger partial charge in [0.2, 0.25) is 0 Å². The van der Waals surface area contributed by atoms with Crippen LogP contribution in [0.2, 0.25) is 0 Å². The molecule has 240 valence electrons. The average Bonchev–Trinajstić information content (AvgIpc) is 3.53. The molecule has 9 aromatic rings. The lowest BCUT2D eigenvalue weighted by molar-refractivity contribution is 0.472. The lowest BCUT2D eigenvalue weighted by atomic mass is 9.91. The quantitative estimate of drug-likeness (QED) is 0.189. The van der Waals surface area contributed by atoms with Crippen LogP contribution in [-0.2, 0) is 0 Å². The molecule has 1 aliphatic heterocycles. The van der Waals surface area contributed by atoms with Crippen molar-refractivity contribution >= 4 is 21.8 Å². The highest BCUT2D eigenvalue weighted by Crippen LogP contribution is 2.52. The molecular formula is C48H31NO2. The second kappa shape index (κ2) is 11.9. The van der Waals surface area contributed by atoms with Crippen LogP contribution >= 0.6 is 0 Å². The Labute approximate surface area is 296 Å². The maximum absolute atomic E-state index is 7.12. The van der Waals surface area contributed by atoms with Crippen molar-refractivity contribution in [3.63, 3.8) is 0 Å². The summed E-state index contributed by atoms with van der Waals surface area (Å²) in [5.41, 5.74) is 11.8. The Balaban J connectivity index is 1.23. The largest absolute Gasteiger partial charge is 0.456 e. The number of aromatic nitrogens is 1. The van der Waals surface area contributed by atoms with Crippen molar-refractivity contribution in [2.75, 3.05) is 0 Å². The van der Waals surface area contributed by atoms with Gasteiger partial charge in [0, 0.05) is 38.7 Å². The molecule has 0 spiro atoms. The Bertz CT molecular complexity index is 2740. The molecule has 0 unspecified atom stereocenters. The number of para-hydroxylation sites is 4. The smallest absolute Gasteiger partial charge is 0.136 e. The predicted molar refractivity (Wildman–Crippen MR) is 209 cm³/mol. The first kappa shape index (κ1) is 29.1. The highest BCUT2D eigenvalue weighted by atomic mass is 16.5. The Morgan fingerprint density at radius 1 is 0.314 bits per heavy atom. The third-order valence-corrected chi connectivity index (χ3v) is 9.89. The van der Waals surface area contributed by atoms with Crippen LogP contribution in [0.15, 0.2) is 188 Å². The molecule has 0 amide bonds. The van der Waals surface area contributed by atoms with Crippen molar-refractivity contribution < 1.29 is 9.47 Å². The predicted octanol–water partition coefficient (Wildman–Crippen LogP) is 13.3. The van der Waals surface area contributed by atoms with Gasteiger partial charge in [-0.2, -0.15) is 0 Å². The fourth-order valence-corrected chi connectivity index (χ4v) is 7.64. The number of hydrogen-bond donors (Lipinski definition) is 0. The maximum atomic E-state index is 7.12. The molecule has 0 atom stereocenters. The zero-order chi connectivity index (χ0) is 33.7. The van der Waals surface area contributed by atoms with Gasteiger partial charge in [0.1, 0.15) is 23.0 Å². The van der Waals surface area contributed by atoms with Gasteiger partial charge in [0.15, 0.2) is 0 Å². The summed E-state index contributed by atoms with van der Waals surface area (Å²) in [4.78, 5) is 0. The molecular weight excluding hydrogens is 623 g/mol. The molecule has 8 aromatic carbocycles. The summed E-state index contributed by atoms with van der Waals surface area (Å²) >= 11 is 0. The third kappa shape index (κ3) is 4.82. The van der Waals surface area contributed by atoms with Gasteiger partial charge in [-0.3, -0.25) is 0 Å². The fourth-order valence-electron chi connectivity index (χ4n) is 7.64. The summed E-state index contributed by atoms with van der Waals surface area (Å²) < 4.78 is 16.4. The van der Waals surface area contributed by atoms with Crippen molar-refractivity contribution in [1.82, 2.24) is 4.57 Å². The molecule has 51 heavy (non-hydrogen) atoms. The van der Waals surface area contributed by atoms with Gasteiger partial charge >= 0.3 is 0 Å². The minimum atomic E-state index is 0.765. The molecule has 3 heteroatoms. The molecule has 0 aliphatic carbocycles. The molecule has 0 saturated carbocycles. The number of fused-ring (bicyclic) bond motifs is 9. The van der Waals surface area contributed by atoms with E-state index in [9.17, 15) is 0 Å². The van der Waals surface area contributed by atoms with Crippen LogP contribution in [0.5, 0.6) is 23.0 Å². The average molecular weight is 654 g/mol. The van der Waals surface area contributed by atoms with E-state index in [1.165, 1.54) is 16.3 Å². The summed E-state index contributed by atoms with van der Waals surface area (Å²) in [6, 6.07) is 65.7. The second-order valence-electron chi connectivity index (χ2n) is 12.8. The van der Waals surface area contributed by atoms with E-state index in [4.69, 9.17) is 9.47 Å². The lowest BCUT2D eigenvalue weighted by Gasteiger charge is -2.24. The van der Waals surface area contributed by atoms with Gasteiger partial charge < -0.3 is 14.0 Å². The van der Waals surface area contributed by atoms with Gasteiger partial charge in [0.25, 0.3) is 0 Å². The lowest BCUT2D eigenvalue weighted by Crippen LogP contribution is -2.00. The molecule has 0 bridgehead atoms. The summed E-state index contributed by atoms with van der Waals surface area (Å²) in [7, 11) is 0. The Hall–Kier alpha value is -6.84. The van der Waals surface area contributed by atoms with Crippen LogP contribution in [0, 0.1) is 0 Å². The molecule has 0 radical (unpaired) electrons. The first-order valence-corrected chi connectivity index (χ1v) is 17.3. The number of nitrogens with zero attached hydrogens (tertiary/aromatic N) is 1. The summed E-state index contributed by atoms with van der Waals surface area (Å²) in [5.74, 6) is 3.08. The molecule has 2 heterocycles. The first-order chi connectivity index (χ1) is 25.3. The Morgan fingerprint density at radius 3 is 1.49 bits per heavy atom. The van der Waals surface area contributed by atoms with E-state index < -0.39 is 0 Å². The fraction of sp³-hybridized carbons (Fsp3) is 0. The van der Waals surface area contributed by atoms with Gasteiger partial charge in [-0.1, -0.05) is 133 Å². The van der Waals surface area contributed by atoms with Crippen LogP contribution in [0.4, 0.5) is 0 Å². The van der Waals surface area contributed by atoms with Crippen molar-refractivity contribution in [2.45, 2.75) is 0 Å². The zero-order valence-corrected chi connectivity index (χ0v) is 27.7. The number of hydrogen-bond acceptors (Lipinski definition) is 2. The van der Waals surface area contributed by atoms with Crippen LogP contribution in [0.1, 0.15) is 0 Å². The molecule has 0 fully saturated rings. The maximum Gasteiger partial charge on any atom is 0.136 e. The van der Waals surface area contributed by atoms with Crippen LogP contribution in [0.3, 0.4) is 0 Å². The van der Waals surface area contributed by atoms with Gasteiger partial charge in [-0.15, -0.1) is 0 Å².